The lowest BCUT2D eigenvalue weighted by atomic mass is 9.99. The van der Waals surface area contributed by atoms with Crippen LogP contribution in [0.15, 0.2) is 47.1 Å². The highest BCUT2D eigenvalue weighted by Gasteiger charge is 2.42. The molecule has 1 aromatic carbocycles. The number of methoxy groups -OCH3 is 1. The van der Waals surface area contributed by atoms with Crippen molar-refractivity contribution in [2.45, 2.75) is 75.6 Å². The number of carbonyl (C=O) groups is 1. The van der Waals surface area contributed by atoms with Crippen molar-refractivity contribution in [2.75, 3.05) is 12.0 Å². The molecule has 3 fully saturated rings. The van der Waals surface area contributed by atoms with E-state index in [1.54, 1.807) is 18.2 Å². The summed E-state index contributed by atoms with van der Waals surface area (Å²) in [4.78, 5) is 18.6. The summed E-state index contributed by atoms with van der Waals surface area (Å²) in [5.74, 6) is 0.973. The van der Waals surface area contributed by atoms with E-state index in [9.17, 15) is 18.0 Å². The number of halogens is 3. The van der Waals surface area contributed by atoms with Crippen molar-refractivity contribution in [3.63, 3.8) is 0 Å². The van der Waals surface area contributed by atoms with E-state index in [-0.39, 0.29) is 42.0 Å². The van der Waals surface area contributed by atoms with Gasteiger partial charge in [-0.05, 0) is 62.8 Å². The number of pyridine rings is 1. The van der Waals surface area contributed by atoms with Crippen LogP contribution in [-0.2, 0) is 16.1 Å². The van der Waals surface area contributed by atoms with E-state index in [1.165, 1.54) is 25.4 Å². The van der Waals surface area contributed by atoms with Gasteiger partial charge in [0.2, 0.25) is 0 Å². The fourth-order valence-corrected chi connectivity index (χ4v) is 5.83. The smallest absolute Gasteiger partial charge is 0.465 e. The third-order valence-corrected chi connectivity index (χ3v) is 7.72. The molecule has 1 aliphatic carbocycles. The number of ether oxygens (including phenoxy) is 3. The van der Waals surface area contributed by atoms with Gasteiger partial charge in [0.1, 0.15) is 23.0 Å². The quantitative estimate of drug-likeness (QED) is 0.319. The Morgan fingerprint density at radius 2 is 1.82 bits per heavy atom. The zero-order chi connectivity index (χ0) is 27.1. The van der Waals surface area contributed by atoms with Gasteiger partial charge in [-0.2, -0.15) is 0 Å². The van der Waals surface area contributed by atoms with Crippen LogP contribution in [0.25, 0.3) is 11.3 Å². The molecule has 206 valence electrons. The lowest BCUT2D eigenvalue weighted by Crippen LogP contribution is -2.46. The number of esters is 1. The third kappa shape index (κ3) is 5.32. The number of para-hydroxylation sites is 1. The number of nitrogens with zero attached hydrogens (tertiary/aromatic N) is 3. The summed E-state index contributed by atoms with van der Waals surface area (Å²) in [5.41, 5.74) is 1.64. The molecule has 0 spiro atoms. The molecular formula is C28H28F3N3O5. The Hall–Kier alpha value is -3.60. The van der Waals surface area contributed by atoms with Crippen LogP contribution in [0.2, 0.25) is 0 Å². The molecule has 3 aromatic rings. The third-order valence-electron chi connectivity index (χ3n) is 7.72. The largest absolute Gasteiger partial charge is 0.573 e. The molecule has 3 atom stereocenters. The van der Waals surface area contributed by atoms with Crippen molar-refractivity contribution in [1.29, 1.82) is 0 Å². The maximum absolute atomic E-state index is 13.1. The van der Waals surface area contributed by atoms with Gasteiger partial charge in [0.05, 0.1) is 25.4 Å². The number of hydrogen-bond acceptors (Lipinski definition) is 8. The Balaban J connectivity index is 1.18. The minimum Gasteiger partial charge on any atom is -0.465 e. The van der Waals surface area contributed by atoms with E-state index in [0.29, 0.717) is 22.6 Å². The molecule has 2 saturated heterocycles. The van der Waals surface area contributed by atoms with E-state index < -0.39 is 12.3 Å². The van der Waals surface area contributed by atoms with Crippen LogP contribution < -0.4 is 9.64 Å². The molecule has 3 aliphatic rings. The van der Waals surface area contributed by atoms with Gasteiger partial charge < -0.3 is 23.6 Å². The second-order valence-electron chi connectivity index (χ2n) is 10.3. The lowest BCUT2D eigenvalue weighted by molar-refractivity contribution is -0.274. The lowest BCUT2D eigenvalue weighted by Gasteiger charge is -2.39. The van der Waals surface area contributed by atoms with Crippen LogP contribution in [0, 0.1) is 0 Å². The van der Waals surface area contributed by atoms with Gasteiger partial charge in [-0.15, -0.1) is 13.2 Å². The molecule has 39 heavy (non-hydrogen) atoms. The van der Waals surface area contributed by atoms with Gasteiger partial charge in [-0.1, -0.05) is 17.3 Å². The van der Waals surface area contributed by atoms with Gasteiger partial charge in [-0.3, -0.25) is 0 Å². The molecule has 0 N–H and O–H groups in total. The molecule has 11 heteroatoms. The van der Waals surface area contributed by atoms with Gasteiger partial charge in [0, 0.05) is 35.3 Å². The summed E-state index contributed by atoms with van der Waals surface area (Å²) >= 11 is 0. The monoisotopic (exact) mass is 543 g/mol. The summed E-state index contributed by atoms with van der Waals surface area (Å²) in [6.07, 6.45) is 2.21. The molecule has 0 radical (unpaired) electrons. The number of rotatable bonds is 8. The van der Waals surface area contributed by atoms with Gasteiger partial charge in [0.25, 0.3) is 0 Å². The number of aromatic nitrogens is 2. The summed E-state index contributed by atoms with van der Waals surface area (Å²) < 4.78 is 60.3. The van der Waals surface area contributed by atoms with Crippen LogP contribution in [0.1, 0.15) is 66.1 Å². The number of piperidine rings is 1. The summed E-state index contributed by atoms with van der Waals surface area (Å²) in [5, 5.41) is 4.17. The zero-order valence-corrected chi connectivity index (χ0v) is 21.3. The first kappa shape index (κ1) is 25.7. The zero-order valence-electron chi connectivity index (χ0n) is 21.3. The average Bonchev–Trinajstić information content (AvgIpc) is 3.62. The minimum atomic E-state index is -4.82. The fraction of sp³-hybridized carbons (Fsp3) is 0.464. The first-order valence-electron chi connectivity index (χ1n) is 13.1. The number of carbonyl (C=O) groups excluding carboxylic acids is 1. The predicted octanol–water partition coefficient (Wildman–Crippen LogP) is 6.02. The van der Waals surface area contributed by atoms with E-state index in [0.717, 1.165) is 44.3 Å². The van der Waals surface area contributed by atoms with Crippen molar-refractivity contribution in [1.82, 2.24) is 10.1 Å². The highest BCUT2D eigenvalue weighted by atomic mass is 19.4. The second-order valence-corrected chi connectivity index (χ2v) is 10.3. The van der Waals surface area contributed by atoms with Gasteiger partial charge >= 0.3 is 12.3 Å². The van der Waals surface area contributed by atoms with Gasteiger partial charge in [-0.25, -0.2) is 9.78 Å². The van der Waals surface area contributed by atoms with Gasteiger partial charge in [0.15, 0.2) is 0 Å². The Kier molecular flexibility index (Phi) is 6.70. The van der Waals surface area contributed by atoms with Crippen LogP contribution in [-0.4, -0.2) is 47.8 Å². The first-order chi connectivity index (χ1) is 18.8. The minimum absolute atomic E-state index is 0.0236. The molecule has 6 rings (SSSR count). The van der Waals surface area contributed by atoms with E-state index in [2.05, 4.69) is 19.8 Å². The topological polar surface area (TPSA) is 86.9 Å². The summed E-state index contributed by atoms with van der Waals surface area (Å²) in [7, 11) is 1.34. The predicted molar refractivity (Wildman–Crippen MR) is 133 cm³/mol. The number of benzene rings is 1. The van der Waals surface area contributed by atoms with Crippen LogP contribution >= 0.6 is 0 Å². The summed E-state index contributed by atoms with van der Waals surface area (Å²) in [6, 6.07) is 10.0. The molecule has 1 saturated carbocycles. The molecule has 0 unspecified atom stereocenters. The van der Waals surface area contributed by atoms with Crippen molar-refractivity contribution in [3.8, 4) is 17.0 Å². The van der Waals surface area contributed by atoms with Crippen LogP contribution in [0.4, 0.5) is 19.0 Å². The number of alkyl halides is 3. The second kappa shape index (κ2) is 10.2. The SMILES string of the molecule is COC(=O)c1ccc(N2[C@@H]3CC[C@H]2C[C@@H](OCc2c(-c4ccccc4OC(F)(F)F)noc2C2CC2)C3)nc1. The number of hydrogen-bond donors (Lipinski definition) is 0. The molecule has 4 heterocycles. The Bertz CT molecular complexity index is 1320. The first-order valence-corrected chi connectivity index (χ1v) is 13.1. The Morgan fingerprint density at radius 3 is 2.46 bits per heavy atom. The number of anilines is 1. The van der Waals surface area contributed by atoms with E-state index >= 15 is 0 Å². The standard InChI is InChI=1S/C28H28F3N3O5/c1-36-27(35)17-8-11-24(32-14-17)34-18-9-10-19(34)13-20(12-18)37-15-22-25(33-39-26(22)16-6-7-16)21-4-2-3-5-23(21)38-28(29,30)31/h2-5,8,11,14,16,18-20H,6-7,9-10,12-13,15H2,1H3/t18-,19+,20+. The van der Waals surface area contributed by atoms with E-state index in [4.69, 9.17) is 14.0 Å². The molecular weight excluding hydrogens is 515 g/mol. The average molecular weight is 544 g/mol. The molecule has 2 aromatic heterocycles. The van der Waals surface area contributed by atoms with Crippen LogP contribution in [0.3, 0.4) is 0 Å². The molecule has 2 aliphatic heterocycles. The summed E-state index contributed by atoms with van der Waals surface area (Å²) in [6.45, 7) is 0.196. The van der Waals surface area contributed by atoms with E-state index in [1.807, 2.05) is 6.07 Å². The molecule has 8 nitrogen and oxygen atoms in total. The van der Waals surface area contributed by atoms with Crippen molar-refractivity contribution >= 4 is 11.8 Å². The van der Waals surface area contributed by atoms with Crippen molar-refractivity contribution in [2.24, 2.45) is 0 Å². The highest BCUT2D eigenvalue weighted by molar-refractivity contribution is 5.89. The van der Waals surface area contributed by atoms with Crippen molar-refractivity contribution in [3.05, 3.63) is 59.5 Å². The maximum atomic E-state index is 13.1. The Labute approximate surface area is 223 Å². The molecule has 0 amide bonds. The fourth-order valence-electron chi connectivity index (χ4n) is 5.83. The maximum Gasteiger partial charge on any atom is 0.573 e. The van der Waals surface area contributed by atoms with Crippen LogP contribution in [0.5, 0.6) is 5.75 Å². The normalized spacial score (nSPS) is 22.7. The van der Waals surface area contributed by atoms with Crippen molar-refractivity contribution < 1.29 is 36.7 Å². The molecule has 2 bridgehead atoms. The number of fused-ring (bicyclic) bond motifs is 2. The highest BCUT2D eigenvalue weighted by Crippen LogP contribution is 2.46. The Morgan fingerprint density at radius 1 is 1.08 bits per heavy atom.